The van der Waals surface area contributed by atoms with Crippen molar-refractivity contribution in [3.8, 4) is 11.4 Å². The smallest absolute Gasteiger partial charge is 0.302 e. The van der Waals surface area contributed by atoms with Crippen LogP contribution in [0.15, 0.2) is 46.4 Å². The summed E-state index contributed by atoms with van der Waals surface area (Å²) < 4.78 is 30.4. The van der Waals surface area contributed by atoms with Crippen LogP contribution in [-0.2, 0) is 6.54 Å². The highest BCUT2D eigenvalue weighted by Crippen LogP contribution is 2.42. The number of pyridine rings is 1. The number of H-pyrrole nitrogens is 1. The van der Waals surface area contributed by atoms with Gasteiger partial charge in [-0.05, 0) is 62.1 Å². The van der Waals surface area contributed by atoms with Gasteiger partial charge >= 0.3 is 5.56 Å². The molecule has 1 fully saturated rings. The van der Waals surface area contributed by atoms with Crippen molar-refractivity contribution < 1.29 is 8.78 Å². The van der Waals surface area contributed by atoms with Crippen LogP contribution >= 0.6 is 0 Å². The van der Waals surface area contributed by atoms with Crippen LogP contribution in [-0.4, -0.2) is 30.8 Å². The number of anilines is 2. The number of aryl methyl sites for hydroxylation is 1. The summed E-state index contributed by atoms with van der Waals surface area (Å²) in [6.07, 6.45) is 7.85. The Labute approximate surface area is 204 Å². The van der Waals surface area contributed by atoms with E-state index in [1.54, 1.807) is 24.5 Å². The molecule has 0 radical (unpaired) electrons. The molecule has 1 saturated carbocycles. The Kier molecular flexibility index (Phi) is 6.21. The van der Waals surface area contributed by atoms with E-state index in [2.05, 4.69) is 20.4 Å². The highest BCUT2D eigenvalue weighted by atomic mass is 19.1. The lowest BCUT2D eigenvalue weighted by atomic mass is 10.1. The van der Waals surface area contributed by atoms with E-state index in [-0.39, 0.29) is 34.1 Å². The normalized spacial score (nSPS) is 14.2. The van der Waals surface area contributed by atoms with Gasteiger partial charge in [0.25, 0.3) is 5.56 Å². The molecular formula is C25H25F2N7O2. The third-order valence-electron chi connectivity index (χ3n) is 6.40. The average Bonchev–Trinajstić information content (AvgIpc) is 3.69. The molecule has 186 valence electrons. The molecule has 0 unspecified atom stereocenters. The molecule has 3 aromatic heterocycles. The van der Waals surface area contributed by atoms with Crippen LogP contribution < -0.4 is 22.2 Å². The molecule has 36 heavy (non-hydrogen) atoms. The Balaban J connectivity index is 1.30. The number of nitrogens with one attached hydrogen (secondary N) is 2. The van der Waals surface area contributed by atoms with Crippen molar-refractivity contribution in [1.29, 1.82) is 0 Å². The zero-order valence-electron chi connectivity index (χ0n) is 19.6. The number of nitrogens with zero attached hydrogens (tertiary/aromatic N) is 4. The van der Waals surface area contributed by atoms with E-state index in [9.17, 15) is 14.0 Å². The number of nitrogens with two attached hydrogens (primary N) is 1. The van der Waals surface area contributed by atoms with Gasteiger partial charge in [0.15, 0.2) is 5.82 Å². The zero-order chi connectivity index (χ0) is 25.4. The third kappa shape index (κ3) is 4.68. The highest BCUT2D eigenvalue weighted by molar-refractivity contribution is 5.86. The summed E-state index contributed by atoms with van der Waals surface area (Å²) in [5, 5.41) is 9.36. The van der Waals surface area contributed by atoms with E-state index in [4.69, 9.17) is 5.73 Å². The van der Waals surface area contributed by atoms with Crippen molar-refractivity contribution in [3.63, 3.8) is 0 Å². The van der Waals surface area contributed by atoms with Crippen molar-refractivity contribution in [3.05, 3.63) is 74.7 Å². The molecule has 0 aliphatic heterocycles. The quantitative estimate of drug-likeness (QED) is 0.342. The predicted molar refractivity (Wildman–Crippen MR) is 133 cm³/mol. The second-order valence-electron chi connectivity index (χ2n) is 9.16. The second-order valence-corrected chi connectivity index (χ2v) is 9.16. The molecule has 4 aromatic rings. The van der Waals surface area contributed by atoms with Crippen molar-refractivity contribution >= 4 is 22.3 Å². The van der Waals surface area contributed by atoms with Gasteiger partial charge in [0.2, 0.25) is 5.82 Å². The number of nitrogen functional groups attached to an aromatic ring is 1. The van der Waals surface area contributed by atoms with Gasteiger partial charge in [0, 0.05) is 30.5 Å². The minimum atomic E-state index is -0.920. The van der Waals surface area contributed by atoms with Crippen molar-refractivity contribution in [2.45, 2.75) is 51.1 Å². The largest absolute Gasteiger partial charge is 0.383 e. The predicted octanol–water partition coefficient (Wildman–Crippen LogP) is 3.56. The van der Waals surface area contributed by atoms with Crippen LogP contribution in [0.1, 0.15) is 44.1 Å². The first-order valence-electron chi connectivity index (χ1n) is 11.8. The fourth-order valence-electron chi connectivity index (χ4n) is 4.29. The van der Waals surface area contributed by atoms with Gasteiger partial charge in [0.05, 0.1) is 22.8 Å². The van der Waals surface area contributed by atoms with Gasteiger partial charge in [-0.2, -0.15) is 9.49 Å². The molecule has 1 aliphatic carbocycles. The first-order chi connectivity index (χ1) is 17.3. The average molecular weight is 494 g/mol. The van der Waals surface area contributed by atoms with E-state index in [0.29, 0.717) is 36.5 Å². The number of aromatic amines is 1. The summed E-state index contributed by atoms with van der Waals surface area (Å²) in [4.78, 5) is 32.9. The molecule has 0 amide bonds. The summed E-state index contributed by atoms with van der Waals surface area (Å²) in [7, 11) is 0. The molecule has 4 N–H and O–H groups in total. The standard InChI is InChI=1S/C25H25F2N7O2/c1-13(31-20-12-30-33-24(35)21(20)27)3-2-7-34-8-6-15-9-17(19(26)10-16(15)25(34)36)23-29-11-18(14-4-5-14)22(28)32-23/h6,8-14H,2-5,7H2,1H3,(H2,28,29,32)(H2,31,33,35)/t13-/m0/s1. The number of hydrogen-bond acceptors (Lipinski definition) is 7. The summed E-state index contributed by atoms with van der Waals surface area (Å²) >= 11 is 0. The van der Waals surface area contributed by atoms with Crippen LogP contribution in [0.2, 0.25) is 0 Å². The van der Waals surface area contributed by atoms with Crippen LogP contribution in [0.4, 0.5) is 20.3 Å². The molecule has 9 nitrogen and oxygen atoms in total. The first kappa shape index (κ1) is 23.6. The molecule has 0 spiro atoms. The highest BCUT2D eigenvalue weighted by Gasteiger charge is 2.27. The minimum absolute atomic E-state index is 0.0216. The molecule has 0 bridgehead atoms. The summed E-state index contributed by atoms with van der Waals surface area (Å²) in [5.74, 6) is -0.579. The molecule has 1 aromatic carbocycles. The Bertz CT molecular complexity index is 1560. The second kappa shape index (κ2) is 9.48. The molecule has 3 heterocycles. The summed E-state index contributed by atoms with van der Waals surface area (Å²) in [5.41, 5.74) is 5.96. The first-order valence-corrected chi connectivity index (χ1v) is 11.8. The Morgan fingerprint density at radius 1 is 1.25 bits per heavy atom. The monoisotopic (exact) mass is 493 g/mol. The fourth-order valence-corrected chi connectivity index (χ4v) is 4.29. The zero-order valence-corrected chi connectivity index (χ0v) is 19.6. The number of fused-ring (bicyclic) bond motifs is 1. The van der Waals surface area contributed by atoms with E-state index in [0.717, 1.165) is 18.4 Å². The maximum Gasteiger partial charge on any atom is 0.302 e. The van der Waals surface area contributed by atoms with Crippen molar-refractivity contribution in [2.75, 3.05) is 11.1 Å². The molecule has 1 aliphatic rings. The van der Waals surface area contributed by atoms with Gasteiger partial charge in [0.1, 0.15) is 11.6 Å². The lowest BCUT2D eigenvalue weighted by Crippen LogP contribution is -2.23. The van der Waals surface area contributed by atoms with Crippen LogP contribution in [0, 0.1) is 11.6 Å². The van der Waals surface area contributed by atoms with E-state index >= 15 is 4.39 Å². The van der Waals surface area contributed by atoms with E-state index in [1.165, 1.54) is 16.8 Å². The SMILES string of the molecule is C[C@@H](CCCn1ccc2cc(-c3ncc(C4CC4)c(N)n3)c(F)cc2c1=O)Nc1cn[nH]c(=O)c1F. The number of halogens is 2. The number of aromatic nitrogens is 5. The van der Waals surface area contributed by atoms with Gasteiger partial charge in [-0.1, -0.05) is 0 Å². The number of hydrogen-bond donors (Lipinski definition) is 3. The molecule has 1 atom stereocenters. The Hall–Kier alpha value is -4.15. The van der Waals surface area contributed by atoms with Gasteiger partial charge < -0.3 is 15.6 Å². The maximum atomic E-state index is 15.0. The number of benzene rings is 1. The topological polar surface area (TPSA) is 132 Å². The Morgan fingerprint density at radius 2 is 2.06 bits per heavy atom. The molecule has 5 rings (SSSR count). The third-order valence-corrected chi connectivity index (χ3v) is 6.40. The molecule has 0 saturated heterocycles. The lowest BCUT2D eigenvalue weighted by Gasteiger charge is -2.15. The van der Waals surface area contributed by atoms with Gasteiger partial charge in [-0.3, -0.25) is 9.59 Å². The van der Waals surface area contributed by atoms with E-state index in [1.807, 2.05) is 12.0 Å². The molecule has 11 heteroatoms. The van der Waals surface area contributed by atoms with E-state index < -0.39 is 17.2 Å². The van der Waals surface area contributed by atoms with Crippen LogP contribution in [0.25, 0.3) is 22.2 Å². The van der Waals surface area contributed by atoms with Gasteiger partial charge in [-0.25, -0.2) is 19.5 Å². The van der Waals surface area contributed by atoms with Crippen molar-refractivity contribution in [2.24, 2.45) is 0 Å². The summed E-state index contributed by atoms with van der Waals surface area (Å²) in [6.45, 7) is 2.23. The molecular weight excluding hydrogens is 468 g/mol. The summed E-state index contributed by atoms with van der Waals surface area (Å²) in [6, 6.07) is 4.36. The number of rotatable bonds is 8. The fraction of sp³-hybridized carbons (Fsp3) is 0.320. The lowest BCUT2D eigenvalue weighted by molar-refractivity contribution is 0.558. The van der Waals surface area contributed by atoms with Crippen LogP contribution in [0.5, 0.6) is 0 Å². The van der Waals surface area contributed by atoms with Crippen LogP contribution in [0.3, 0.4) is 0 Å². The van der Waals surface area contributed by atoms with Gasteiger partial charge in [-0.15, -0.1) is 0 Å². The Morgan fingerprint density at radius 3 is 2.81 bits per heavy atom. The maximum absolute atomic E-state index is 15.0. The van der Waals surface area contributed by atoms with Crippen molar-refractivity contribution in [1.82, 2.24) is 24.7 Å². The minimum Gasteiger partial charge on any atom is -0.383 e.